The number of nitrogens with zero attached hydrogens (tertiary/aromatic N) is 2. The summed E-state index contributed by atoms with van der Waals surface area (Å²) >= 11 is 6.80. The van der Waals surface area contributed by atoms with Gasteiger partial charge >= 0.3 is 5.97 Å². The highest BCUT2D eigenvalue weighted by Gasteiger charge is 2.16. The number of hydrogen-bond acceptors (Lipinski definition) is 6. The van der Waals surface area contributed by atoms with Gasteiger partial charge < -0.3 is 25.2 Å². The van der Waals surface area contributed by atoms with Crippen LogP contribution >= 0.6 is 11.6 Å². The molecule has 8 nitrogen and oxygen atoms in total. The number of aromatic nitrogens is 2. The minimum atomic E-state index is -0.921. The van der Waals surface area contributed by atoms with Gasteiger partial charge in [-0.1, -0.05) is 29.8 Å². The second kappa shape index (κ2) is 8.55. The molecule has 168 valence electrons. The second-order valence-corrected chi connectivity index (χ2v) is 7.98. The Morgan fingerprint density at radius 3 is 2.76 bits per heavy atom. The fourth-order valence-electron chi connectivity index (χ4n) is 3.83. The molecule has 0 aliphatic carbocycles. The number of aliphatic carboxylic acids is 1. The topological polar surface area (TPSA) is 97.6 Å². The summed E-state index contributed by atoms with van der Waals surface area (Å²) in [5, 5.41) is 21.1. The van der Waals surface area contributed by atoms with Crippen LogP contribution in [0.25, 0.3) is 22.0 Å². The van der Waals surface area contributed by atoms with E-state index in [-0.39, 0.29) is 6.54 Å². The third kappa shape index (κ3) is 4.12. The highest BCUT2D eigenvalue weighted by Crippen LogP contribution is 2.40. The number of rotatable bonds is 6. The Kier molecular flexibility index (Phi) is 5.43. The largest absolute Gasteiger partial charge is 0.486 e. The molecule has 2 heterocycles. The summed E-state index contributed by atoms with van der Waals surface area (Å²) in [5.41, 5.74) is 4.06. The lowest BCUT2D eigenvalue weighted by Gasteiger charge is -2.19. The standard InChI is InChI=1S/C24H21ClN4O4/c1-29-19-12-15(26-13-22(30)31)6-7-17(19)24(28-29)27-18-4-2-3-16(23(18)25)14-5-8-20-21(11-14)33-10-9-32-20/h2-8,11-12,26H,9-10,13H2,1H3,(H,27,28)(H,30,31). The molecule has 0 radical (unpaired) electrons. The number of fused-ring (bicyclic) bond motifs is 2. The number of benzene rings is 3. The zero-order valence-corrected chi connectivity index (χ0v) is 18.5. The smallest absolute Gasteiger partial charge is 0.322 e. The van der Waals surface area contributed by atoms with Crippen molar-refractivity contribution in [2.24, 2.45) is 7.05 Å². The molecule has 5 rings (SSSR count). The lowest BCUT2D eigenvalue weighted by atomic mass is 10.0. The van der Waals surface area contributed by atoms with Crippen LogP contribution in [0.1, 0.15) is 0 Å². The Hall–Kier alpha value is -3.91. The van der Waals surface area contributed by atoms with Gasteiger partial charge in [0.25, 0.3) is 0 Å². The van der Waals surface area contributed by atoms with Gasteiger partial charge in [-0.3, -0.25) is 9.48 Å². The van der Waals surface area contributed by atoms with Gasteiger partial charge in [0.1, 0.15) is 19.8 Å². The van der Waals surface area contributed by atoms with Crippen LogP contribution < -0.4 is 20.1 Å². The first-order valence-corrected chi connectivity index (χ1v) is 10.8. The zero-order valence-electron chi connectivity index (χ0n) is 17.8. The summed E-state index contributed by atoms with van der Waals surface area (Å²) in [4.78, 5) is 10.8. The molecule has 0 saturated heterocycles. The van der Waals surface area contributed by atoms with E-state index in [1.807, 2.05) is 61.6 Å². The summed E-state index contributed by atoms with van der Waals surface area (Å²) in [5.74, 6) is 1.16. The van der Waals surface area contributed by atoms with E-state index in [0.29, 0.717) is 35.5 Å². The van der Waals surface area contributed by atoms with Crippen molar-refractivity contribution < 1.29 is 19.4 Å². The van der Waals surface area contributed by atoms with E-state index in [2.05, 4.69) is 15.7 Å². The number of carbonyl (C=O) groups is 1. The maximum absolute atomic E-state index is 10.8. The number of aryl methyl sites for hydroxylation is 1. The molecule has 1 aliphatic heterocycles. The van der Waals surface area contributed by atoms with Gasteiger partial charge in [-0.05, 0) is 42.0 Å². The Bertz CT molecular complexity index is 1370. The van der Waals surface area contributed by atoms with Crippen molar-refractivity contribution in [1.82, 2.24) is 9.78 Å². The molecule has 0 unspecified atom stereocenters. The minimum absolute atomic E-state index is 0.156. The maximum Gasteiger partial charge on any atom is 0.322 e. The first kappa shape index (κ1) is 21.0. The van der Waals surface area contributed by atoms with Gasteiger partial charge in [0.05, 0.1) is 16.2 Å². The van der Waals surface area contributed by atoms with Crippen LogP contribution in [0.15, 0.2) is 54.6 Å². The molecule has 3 N–H and O–H groups in total. The van der Waals surface area contributed by atoms with Gasteiger partial charge in [0.15, 0.2) is 17.3 Å². The number of halogens is 1. The van der Waals surface area contributed by atoms with E-state index in [1.165, 1.54) is 0 Å². The molecule has 4 aromatic rings. The predicted octanol–water partition coefficient (Wildman–Crippen LogP) is 4.91. The third-order valence-electron chi connectivity index (χ3n) is 5.40. The fraction of sp³-hybridized carbons (Fsp3) is 0.167. The van der Waals surface area contributed by atoms with Gasteiger partial charge in [-0.2, -0.15) is 5.10 Å². The first-order valence-electron chi connectivity index (χ1n) is 10.4. The first-order chi connectivity index (χ1) is 16.0. The number of ether oxygens (including phenoxy) is 2. The van der Waals surface area contributed by atoms with Crippen LogP contribution in [0, 0.1) is 0 Å². The lowest BCUT2D eigenvalue weighted by Crippen LogP contribution is -2.15. The molecule has 1 aromatic heterocycles. The summed E-state index contributed by atoms with van der Waals surface area (Å²) in [7, 11) is 1.84. The SMILES string of the molecule is Cn1nc(Nc2cccc(-c3ccc4c(c3)OCCO4)c2Cl)c2ccc(NCC(=O)O)cc21. The highest BCUT2D eigenvalue weighted by molar-refractivity contribution is 6.36. The van der Waals surface area contributed by atoms with Gasteiger partial charge in [0.2, 0.25) is 0 Å². The summed E-state index contributed by atoms with van der Waals surface area (Å²) in [6.07, 6.45) is 0. The Balaban J connectivity index is 1.46. The molecule has 0 saturated carbocycles. The monoisotopic (exact) mass is 464 g/mol. The minimum Gasteiger partial charge on any atom is -0.486 e. The molecule has 0 bridgehead atoms. The fourth-order valence-corrected chi connectivity index (χ4v) is 4.11. The van der Waals surface area contributed by atoms with E-state index < -0.39 is 5.97 Å². The van der Waals surface area contributed by atoms with Crippen LogP contribution in [0.3, 0.4) is 0 Å². The van der Waals surface area contributed by atoms with Gasteiger partial charge in [0, 0.05) is 23.7 Å². The van der Waals surface area contributed by atoms with Crippen molar-refractivity contribution in [2.45, 2.75) is 0 Å². The average molecular weight is 465 g/mol. The van der Waals surface area contributed by atoms with Crippen molar-refractivity contribution in [3.8, 4) is 22.6 Å². The molecule has 1 aliphatic rings. The molecular formula is C24H21ClN4O4. The van der Waals surface area contributed by atoms with E-state index in [9.17, 15) is 4.79 Å². The molecule has 0 amide bonds. The second-order valence-electron chi connectivity index (χ2n) is 7.60. The third-order valence-corrected chi connectivity index (χ3v) is 5.81. The number of carboxylic acids is 1. The van der Waals surface area contributed by atoms with E-state index >= 15 is 0 Å². The van der Waals surface area contributed by atoms with Crippen molar-refractivity contribution in [1.29, 1.82) is 0 Å². The Morgan fingerprint density at radius 2 is 1.94 bits per heavy atom. The zero-order chi connectivity index (χ0) is 22.9. The Labute approximate surface area is 194 Å². The van der Waals surface area contributed by atoms with Crippen molar-refractivity contribution in [3.63, 3.8) is 0 Å². The van der Waals surface area contributed by atoms with E-state index in [1.54, 1.807) is 4.68 Å². The van der Waals surface area contributed by atoms with Gasteiger partial charge in [-0.25, -0.2) is 0 Å². The molecule has 0 fully saturated rings. The summed E-state index contributed by atoms with van der Waals surface area (Å²) in [6, 6.07) is 17.1. The van der Waals surface area contributed by atoms with E-state index in [0.717, 1.165) is 33.5 Å². The normalized spacial score (nSPS) is 12.5. The van der Waals surface area contributed by atoms with Crippen LogP contribution in [0.5, 0.6) is 11.5 Å². The predicted molar refractivity (Wildman–Crippen MR) is 128 cm³/mol. The number of nitrogens with one attached hydrogen (secondary N) is 2. The lowest BCUT2D eigenvalue weighted by molar-refractivity contribution is -0.134. The number of carboxylic acid groups (broad SMARTS) is 1. The van der Waals surface area contributed by atoms with Crippen LogP contribution in [0.4, 0.5) is 17.2 Å². The molecule has 33 heavy (non-hydrogen) atoms. The van der Waals surface area contributed by atoms with Crippen molar-refractivity contribution >= 4 is 45.7 Å². The summed E-state index contributed by atoms with van der Waals surface area (Å²) < 4.78 is 13.1. The van der Waals surface area contributed by atoms with Crippen molar-refractivity contribution in [2.75, 3.05) is 30.4 Å². The van der Waals surface area contributed by atoms with Crippen LogP contribution in [0.2, 0.25) is 5.02 Å². The quantitative estimate of drug-likeness (QED) is 0.373. The number of hydrogen-bond donors (Lipinski definition) is 3. The molecular weight excluding hydrogens is 444 g/mol. The molecule has 0 atom stereocenters. The Morgan fingerprint density at radius 1 is 1.12 bits per heavy atom. The number of anilines is 3. The highest BCUT2D eigenvalue weighted by atomic mass is 35.5. The molecule has 9 heteroatoms. The molecule has 0 spiro atoms. The average Bonchev–Trinajstić information content (AvgIpc) is 3.13. The molecule has 3 aromatic carbocycles. The van der Waals surface area contributed by atoms with Crippen LogP contribution in [-0.2, 0) is 11.8 Å². The van der Waals surface area contributed by atoms with Gasteiger partial charge in [-0.15, -0.1) is 0 Å². The van der Waals surface area contributed by atoms with Crippen LogP contribution in [-0.4, -0.2) is 40.6 Å². The van der Waals surface area contributed by atoms with E-state index in [4.69, 9.17) is 26.2 Å². The van der Waals surface area contributed by atoms with Crippen molar-refractivity contribution in [3.05, 3.63) is 59.6 Å². The maximum atomic E-state index is 10.8. The summed E-state index contributed by atoms with van der Waals surface area (Å²) in [6.45, 7) is 0.907.